The highest BCUT2D eigenvalue weighted by atomic mass is 32.2. The number of nitrogens with zero attached hydrogens (tertiary/aromatic N) is 4. The molecular weight excluding hydrogens is 342 g/mol. The van der Waals surface area contributed by atoms with Crippen LogP contribution in [0.2, 0.25) is 0 Å². The van der Waals surface area contributed by atoms with Crippen molar-refractivity contribution < 1.29 is 13.2 Å². The average molecular weight is 361 g/mol. The highest BCUT2D eigenvalue weighted by Gasteiger charge is 2.11. The Hall–Kier alpha value is -2.52. The van der Waals surface area contributed by atoms with Crippen molar-refractivity contribution in [3.8, 4) is 0 Å². The lowest BCUT2D eigenvalue weighted by molar-refractivity contribution is 0.183. The zero-order valence-corrected chi connectivity index (χ0v) is 14.8. The molecular formula is C16H19N5O3S. The summed E-state index contributed by atoms with van der Waals surface area (Å²) in [5.41, 5.74) is 1.67. The summed E-state index contributed by atoms with van der Waals surface area (Å²) in [7, 11) is -1.64. The number of hydrogen-bond donors (Lipinski definition) is 1. The summed E-state index contributed by atoms with van der Waals surface area (Å²) < 4.78 is 30.4. The van der Waals surface area contributed by atoms with E-state index in [0.717, 1.165) is 5.56 Å². The number of aromatic nitrogens is 4. The third-order valence-electron chi connectivity index (χ3n) is 3.71. The van der Waals surface area contributed by atoms with Crippen molar-refractivity contribution in [1.29, 1.82) is 0 Å². The molecule has 9 heteroatoms. The molecule has 0 spiro atoms. The fourth-order valence-electron chi connectivity index (χ4n) is 2.40. The minimum atomic E-state index is -3.29. The van der Waals surface area contributed by atoms with Crippen molar-refractivity contribution in [3.05, 3.63) is 42.5 Å². The number of rotatable bonds is 7. The zero-order valence-electron chi connectivity index (χ0n) is 14.0. The second-order valence-electron chi connectivity index (χ2n) is 5.63. The molecule has 25 heavy (non-hydrogen) atoms. The summed E-state index contributed by atoms with van der Waals surface area (Å²) in [5, 5.41) is 8.14. The van der Waals surface area contributed by atoms with Crippen LogP contribution in [0.4, 0.5) is 5.82 Å². The van der Waals surface area contributed by atoms with Crippen LogP contribution in [0.1, 0.15) is 5.56 Å². The number of hydrogen-bond acceptors (Lipinski definition) is 7. The summed E-state index contributed by atoms with van der Waals surface area (Å²) >= 11 is 0. The van der Waals surface area contributed by atoms with E-state index in [1.807, 2.05) is 6.20 Å². The number of ether oxygens (including phenoxy) is 1. The fraction of sp³-hybridized carbons (Fsp3) is 0.312. The van der Waals surface area contributed by atoms with Gasteiger partial charge in [0.05, 0.1) is 29.8 Å². The second-order valence-corrected chi connectivity index (χ2v) is 7.65. The average Bonchev–Trinajstić information content (AvgIpc) is 3.04. The zero-order chi connectivity index (χ0) is 17.9. The van der Waals surface area contributed by atoms with Gasteiger partial charge in [-0.2, -0.15) is 5.10 Å². The third kappa shape index (κ3) is 4.12. The Labute approximate surface area is 145 Å². The van der Waals surface area contributed by atoms with Crippen LogP contribution in [0.5, 0.6) is 0 Å². The SMILES string of the molecule is COCCn1cc(CNc2ncnc3ccc(S(C)(=O)=O)cc23)cn1. The van der Waals surface area contributed by atoms with Gasteiger partial charge in [0.1, 0.15) is 12.1 Å². The van der Waals surface area contributed by atoms with E-state index in [2.05, 4.69) is 20.4 Å². The maximum Gasteiger partial charge on any atom is 0.175 e. The maximum atomic E-state index is 11.8. The van der Waals surface area contributed by atoms with E-state index in [1.165, 1.54) is 12.6 Å². The Morgan fingerprint density at radius 2 is 2.12 bits per heavy atom. The number of sulfone groups is 1. The largest absolute Gasteiger partial charge is 0.383 e. The lowest BCUT2D eigenvalue weighted by Crippen LogP contribution is -2.05. The normalized spacial score (nSPS) is 11.8. The molecule has 0 amide bonds. The maximum absolute atomic E-state index is 11.8. The Morgan fingerprint density at radius 1 is 1.28 bits per heavy atom. The third-order valence-corrected chi connectivity index (χ3v) is 4.82. The van der Waals surface area contributed by atoms with Crippen LogP contribution in [0.25, 0.3) is 10.9 Å². The van der Waals surface area contributed by atoms with E-state index in [-0.39, 0.29) is 4.90 Å². The summed E-state index contributed by atoms with van der Waals surface area (Å²) in [6.07, 6.45) is 6.33. The fourth-order valence-corrected chi connectivity index (χ4v) is 3.04. The topological polar surface area (TPSA) is 99.0 Å². The molecule has 0 aliphatic carbocycles. The number of methoxy groups -OCH3 is 1. The molecule has 2 aromatic heterocycles. The standard InChI is InChI=1S/C16H19N5O3S/c1-24-6-5-21-10-12(9-20-21)8-17-16-14-7-13(25(2,22)23)3-4-15(14)18-11-19-16/h3-4,7,9-11H,5-6,8H2,1-2H3,(H,17,18,19). The number of benzene rings is 1. The molecule has 0 atom stereocenters. The molecule has 0 saturated carbocycles. The molecule has 0 radical (unpaired) electrons. The molecule has 0 aliphatic rings. The predicted molar refractivity (Wildman–Crippen MR) is 94.1 cm³/mol. The van der Waals surface area contributed by atoms with Gasteiger partial charge in [0.2, 0.25) is 0 Å². The van der Waals surface area contributed by atoms with Crippen LogP contribution in [-0.2, 0) is 27.7 Å². The minimum Gasteiger partial charge on any atom is -0.383 e. The molecule has 3 rings (SSSR count). The van der Waals surface area contributed by atoms with E-state index in [9.17, 15) is 8.42 Å². The molecule has 3 aromatic rings. The first-order chi connectivity index (χ1) is 12.0. The quantitative estimate of drug-likeness (QED) is 0.680. The van der Waals surface area contributed by atoms with Gasteiger partial charge in [-0.15, -0.1) is 0 Å². The van der Waals surface area contributed by atoms with Gasteiger partial charge in [0.15, 0.2) is 9.84 Å². The van der Waals surface area contributed by atoms with Crippen molar-refractivity contribution in [2.75, 3.05) is 25.3 Å². The van der Waals surface area contributed by atoms with Gasteiger partial charge in [-0.1, -0.05) is 0 Å². The molecule has 0 saturated heterocycles. The van der Waals surface area contributed by atoms with E-state index < -0.39 is 9.84 Å². The Kier molecular flexibility index (Phi) is 4.95. The van der Waals surface area contributed by atoms with E-state index in [0.29, 0.717) is 36.4 Å². The first-order valence-corrected chi connectivity index (χ1v) is 9.55. The summed E-state index contributed by atoms with van der Waals surface area (Å²) in [6, 6.07) is 4.82. The second kappa shape index (κ2) is 7.16. The Morgan fingerprint density at radius 3 is 2.88 bits per heavy atom. The molecule has 0 bridgehead atoms. The lowest BCUT2D eigenvalue weighted by atomic mass is 10.2. The van der Waals surface area contributed by atoms with Crippen molar-refractivity contribution in [1.82, 2.24) is 19.7 Å². The first kappa shape index (κ1) is 17.3. The van der Waals surface area contributed by atoms with Gasteiger partial charge in [-0.25, -0.2) is 18.4 Å². The van der Waals surface area contributed by atoms with Crippen molar-refractivity contribution in [3.63, 3.8) is 0 Å². The monoisotopic (exact) mass is 361 g/mol. The number of fused-ring (bicyclic) bond motifs is 1. The smallest absolute Gasteiger partial charge is 0.175 e. The molecule has 0 fully saturated rings. The number of nitrogens with one attached hydrogen (secondary N) is 1. The van der Waals surface area contributed by atoms with Gasteiger partial charge in [0, 0.05) is 37.1 Å². The van der Waals surface area contributed by atoms with Crippen LogP contribution in [0.3, 0.4) is 0 Å². The molecule has 0 unspecified atom stereocenters. The molecule has 1 N–H and O–H groups in total. The Balaban J connectivity index is 1.82. The molecule has 8 nitrogen and oxygen atoms in total. The van der Waals surface area contributed by atoms with E-state index in [1.54, 1.807) is 36.2 Å². The predicted octanol–water partition coefficient (Wildman–Crippen LogP) is 1.49. The van der Waals surface area contributed by atoms with E-state index >= 15 is 0 Å². The summed E-state index contributed by atoms with van der Waals surface area (Å²) in [4.78, 5) is 8.66. The van der Waals surface area contributed by atoms with Crippen LogP contribution in [-0.4, -0.2) is 48.1 Å². The summed E-state index contributed by atoms with van der Waals surface area (Å²) in [5.74, 6) is 0.583. The van der Waals surface area contributed by atoms with Crippen LogP contribution in [0, 0.1) is 0 Å². The lowest BCUT2D eigenvalue weighted by Gasteiger charge is -2.08. The van der Waals surface area contributed by atoms with Crippen LogP contribution < -0.4 is 5.32 Å². The van der Waals surface area contributed by atoms with Gasteiger partial charge in [-0.3, -0.25) is 4.68 Å². The van der Waals surface area contributed by atoms with E-state index in [4.69, 9.17) is 4.74 Å². The van der Waals surface area contributed by atoms with Crippen molar-refractivity contribution >= 4 is 26.6 Å². The first-order valence-electron chi connectivity index (χ1n) is 7.66. The molecule has 0 aliphatic heterocycles. The van der Waals surface area contributed by atoms with Gasteiger partial charge >= 0.3 is 0 Å². The van der Waals surface area contributed by atoms with Crippen molar-refractivity contribution in [2.45, 2.75) is 18.0 Å². The van der Waals surface area contributed by atoms with Crippen LogP contribution >= 0.6 is 0 Å². The van der Waals surface area contributed by atoms with Crippen LogP contribution in [0.15, 0.2) is 41.8 Å². The van der Waals surface area contributed by atoms with Gasteiger partial charge in [0.25, 0.3) is 0 Å². The number of anilines is 1. The summed E-state index contributed by atoms with van der Waals surface area (Å²) in [6.45, 7) is 1.80. The van der Waals surface area contributed by atoms with Gasteiger partial charge in [-0.05, 0) is 18.2 Å². The highest BCUT2D eigenvalue weighted by molar-refractivity contribution is 7.90. The molecule has 132 valence electrons. The van der Waals surface area contributed by atoms with Gasteiger partial charge < -0.3 is 10.1 Å². The minimum absolute atomic E-state index is 0.241. The van der Waals surface area contributed by atoms with Crippen molar-refractivity contribution in [2.24, 2.45) is 0 Å². The molecule has 2 heterocycles. The highest BCUT2D eigenvalue weighted by Crippen LogP contribution is 2.23. The molecule has 1 aromatic carbocycles. The Bertz CT molecular complexity index is 984.